The number of aryl methyl sites for hydroxylation is 2. The summed E-state index contributed by atoms with van der Waals surface area (Å²) in [7, 11) is 0. The summed E-state index contributed by atoms with van der Waals surface area (Å²) in [5.41, 5.74) is 3.70. The minimum Gasteiger partial charge on any atom is -0.306 e. The van der Waals surface area contributed by atoms with Crippen LogP contribution in [-0.2, 0) is 0 Å². The monoisotopic (exact) mass is 279 g/mol. The van der Waals surface area contributed by atoms with Gasteiger partial charge in [0.1, 0.15) is 0 Å². The second-order valence-corrected chi connectivity index (χ2v) is 5.85. The summed E-state index contributed by atoms with van der Waals surface area (Å²) < 4.78 is 0. The van der Waals surface area contributed by atoms with Crippen LogP contribution in [0, 0.1) is 13.8 Å². The molecule has 0 fully saturated rings. The molecule has 1 unspecified atom stereocenters. The molecule has 1 aromatic carbocycles. The Bertz CT molecular complexity index is 520. The molecule has 96 valence electrons. The van der Waals surface area contributed by atoms with Crippen molar-refractivity contribution in [3.8, 4) is 0 Å². The molecule has 2 aromatic rings. The summed E-state index contributed by atoms with van der Waals surface area (Å²) in [6, 6.07) is 8.69. The third-order valence-electron chi connectivity index (χ3n) is 3.16. The molecule has 0 aliphatic carbocycles. The summed E-state index contributed by atoms with van der Waals surface area (Å²) >= 11 is 8.18. The van der Waals surface area contributed by atoms with E-state index in [9.17, 15) is 0 Å². The van der Waals surface area contributed by atoms with Crippen LogP contribution in [-0.4, -0.2) is 6.54 Å². The van der Waals surface area contributed by atoms with E-state index in [4.69, 9.17) is 11.6 Å². The van der Waals surface area contributed by atoms with Crippen LogP contribution < -0.4 is 5.32 Å². The predicted octanol–water partition coefficient (Wildman–Crippen LogP) is 4.72. The van der Waals surface area contributed by atoms with Gasteiger partial charge in [-0.3, -0.25) is 0 Å². The van der Waals surface area contributed by atoms with Crippen molar-refractivity contribution in [3.05, 3.63) is 56.2 Å². The van der Waals surface area contributed by atoms with Crippen molar-refractivity contribution in [2.45, 2.75) is 26.8 Å². The van der Waals surface area contributed by atoms with Gasteiger partial charge in [0, 0.05) is 9.90 Å². The zero-order chi connectivity index (χ0) is 13.1. The van der Waals surface area contributed by atoms with Crippen molar-refractivity contribution in [1.29, 1.82) is 0 Å². The lowest BCUT2D eigenvalue weighted by Gasteiger charge is -2.19. The molecular weight excluding hydrogens is 262 g/mol. The molecule has 18 heavy (non-hydrogen) atoms. The average molecular weight is 280 g/mol. The fourth-order valence-corrected chi connectivity index (χ4v) is 3.19. The minimum absolute atomic E-state index is 0.196. The average Bonchev–Trinajstić information content (AvgIpc) is 2.85. The van der Waals surface area contributed by atoms with Gasteiger partial charge in [-0.1, -0.05) is 30.7 Å². The van der Waals surface area contributed by atoms with Crippen molar-refractivity contribution >= 4 is 22.9 Å². The van der Waals surface area contributed by atoms with E-state index in [1.807, 2.05) is 0 Å². The van der Waals surface area contributed by atoms with E-state index in [-0.39, 0.29) is 6.04 Å². The lowest BCUT2D eigenvalue weighted by Crippen LogP contribution is -2.21. The number of nitrogens with one attached hydrogen (secondary N) is 1. The van der Waals surface area contributed by atoms with Crippen LogP contribution in [0.1, 0.15) is 34.5 Å². The molecule has 1 N–H and O–H groups in total. The third-order valence-corrected chi connectivity index (χ3v) is 4.42. The highest BCUT2D eigenvalue weighted by Crippen LogP contribution is 2.32. The summed E-state index contributed by atoms with van der Waals surface area (Å²) in [6.07, 6.45) is 0. The Morgan fingerprint density at radius 2 is 2.00 bits per heavy atom. The van der Waals surface area contributed by atoms with Crippen molar-refractivity contribution < 1.29 is 0 Å². The van der Waals surface area contributed by atoms with Gasteiger partial charge in [0.15, 0.2) is 0 Å². The van der Waals surface area contributed by atoms with Crippen molar-refractivity contribution in [2.24, 2.45) is 0 Å². The molecule has 0 saturated heterocycles. The first-order valence-corrected chi connectivity index (χ1v) is 7.42. The van der Waals surface area contributed by atoms with E-state index in [0.717, 1.165) is 11.6 Å². The van der Waals surface area contributed by atoms with Gasteiger partial charge in [-0.2, -0.15) is 0 Å². The Morgan fingerprint density at radius 1 is 1.28 bits per heavy atom. The molecule has 0 saturated carbocycles. The highest BCUT2D eigenvalue weighted by atomic mass is 35.5. The van der Waals surface area contributed by atoms with E-state index in [0.29, 0.717) is 0 Å². The Morgan fingerprint density at radius 3 is 2.61 bits per heavy atom. The molecule has 1 aromatic heterocycles. The second kappa shape index (κ2) is 5.87. The Labute approximate surface area is 118 Å². The zero-order valence-corrected chi connectivity index (χ0v) is 12.5. The first kappa shape index (κ1) is 13.6. The number of hydrogen-bond donors (Lipinski definition) is 1. The summed E-state index contributed by atoms with van der Waals surface area (Å²) in [4.78, 5) is 1.31. The molecule has 3 heteroatoms. The summed E-state index contributed by atoms with van der Waals surface area (Å²) in [5.74, 6) is 0. The van der Waals surface area contributed by atoms with Crippen LogP contribution in [0.4, 0.5) is 0 Å². The molecule has 1 heterocycles. The van der Waals surface area contributed by atoms with Crippen LogP contribution in [0.5, 0.6) is 0 Å². The maximum Gasteiger partial charge on any atom is 0.0685 e. The zero-order valence-electron chi connectivity index (χ0n) is 11.0. The maximum atomic E-state index is 6.41. The standard InChI is InChI=1S/C15H18ClNS/c1-4-17-15(14-6-5-7-18-14)12-8-10(2)11(3)9-13(12)16/h5-9,15,17H,4H2,1-3H3. The molecule has 0 radical (unpaired) electrons. The van der Waals surface area contributed by atoms with Gasteiger partial charge in [0.2, 0.25) is 0 Å². The minimum atomic E-state index is 0.196. The molecule has 0 bridgehead atoms. The van der Waals surface area contributed by atoms with Gasteiger partial charge >= 0.3 is 0 Å². The lowest BCUT2D eigenvalue weighted by atomic mass is 10.00. The summed E-state index contributed by atoms with van der Waals surface area (Å²) in [6.45, 7) is 7.27. The quantitative estimate of drug-likeness (QED) is 0.854. The molecule has 0 amide bonds. The van der Waals surface area contributed by atoms with Crippen LogP contribution in [0.3, 0.4) is 0 Å². The predicted molar refractivity (Wildman–Crippen MR) is 80.8 cm³/mol. The third kappa shape index (κ3) is 2.77. The maximum absolute atomic E-state index is 6.41. The molecule has 1 nitrogen and oxygen atoms in total. The van der Waals surface area contributed by atoms with Gasteiger partial charge in [-0.15, -0.1) is 11.3 Å². The number of rotatable bonds is 4. The van der Waals surface area contributed by atoms with Gasteiger partial charge in [-0.25, -0.2) is 0 Å². The van der Waals surface area contributed by atoms with Gasteiger partial charge < -0.3 is 5.32 Å². The van der Waals surface area contributed by atoms with Crippen molar-refractivity contribution in [1.82, 2.24) is 5.32 Å². The Balaban J connectivity index is 2.46. The van der Waals surface area contributed by atoms with Gasteiger partial charge in [0.25, 0.3) is 0 Å². The largest absolute Gasteiger partial charge is 0.306 e. The SMILES string of the molecule is CCNC(c1cccs1)c1cc(C)c(C)cc1Cl. The topological polar surface area (TPSA) is 12.0 Å². The fraction of sp³-hybridized carbons (Fsp3) is 0.333. The van der Waals surface area contributed by atoms with E-state index in [1.165, 1.54) is 21.6 Å². The lowest BCUT2D eigenvalue weighted by molar-refractivity contribution is 0.639. The Hall–Kier alpha value is -0.830. The van der Waals surface area contributed by atoms with E-state index in [1.54, 1.807) is 11.3 Å². The highest BCUT2D eigenvalue weighted by molar-refractivity contribution is 7.10. The summed E-state index contributed by atoms with van der Waals surface area (Å²) in [5, 5.41) is 6.47. The fourth-order valence-electron chi connectivity index (χ4n) is 2.05. The van der Waals surface area contributed by atoms with E-state index < -0.39 is 0 Å². The molecule has 0 aliphatic rings. The number of benzene rings is 1. The number of hydrogen-bond acceptors (Lipinski definition) is 2. The van der Waals surface area contributed by atoms with Crippen LogP contribution >= 0.6 is 22.9 Å². The van der Waals surface area contributed by atoms with Crippen molar-refractivity contribution in [3.63, 3.8) is 0 Å². The van der Waals surface area contributed by atoms with E-state index >= 15 is 0 Å². The van der Waals surface area contributed by atoms with Gasteiger partial charge in [-0.05, 0) is 54.6 Å². The van der Waals surface area contributed by atoms with Crippen LogP contribution in [0.25, 0.3) is 0 Å². The van der Waals surface area contributed by atoms with Gasteiger partial charge in [0.05, 0.1) is 6.04 Å². The first-order chi connectivity index (χ1) is 8.63. The normalized spacial score (nSPS) is 12.7. The molecular formula is C15H18ClNS. The molecule has 0 aliphatic heterocycles. The molecule has 1 atom stereocenters. The van der Waals surface area contributed by atoms with Crippen molar-refractivity contribution in [2.75, 3.05) is 6.54 Å². The smallest absolute Gasteiger partial charge is 0.0685 e. The van der Waals surface area contributed by atoms with Crippen LogP contribution in [0.15, 0.2) is 29.6 Å². The highest BCUT2D eigenvalue weighted by Gasteiger charge is 2.17. The Kier molecular flexibility index (Phi) is 4.44. The number of halogens is 1. The number of thiophene rings is 1. The molecule has 0 spiro atoms. The molecule has 2 rings (SSSR count). The van der Waals surface area contributed by atoms with E-state index in [2.05, 4.69) is 55.7 Å². The second-order valence-electron chi connectivity index (χ2n) is 4.46. The first-order valence-electron chi connectivity index (χ1n) is 6.17. The van der Waals surface area contributed by atoms with Crippen LogP contribution in [0.2, 0.25) is 5.02 Å².